The highest BCUT2D eigenvalue weighted by Crippen LogP contribution is 2.22. The van der Waals surface area contributed by atoms with Crippen molar-refractivity contribution in [3.8, 4) is 0 Å². The molecule has 0 aliphatic heterocycles. The predicted molar refractivity (Wildman–Crippen MR) is 76.1 cm³/mol. The molecule has 0 saturated heterocycles. The molecule has 1 N–H and O–H groups in total. The highest BCUT2D eigenvalue weighted by atomic mass is 79.9. The maximum Gasteiger partial charge on any atom is 0.0767 e. The van der Waals surface area contributed by atoms with Gasteiger partial charge in [-0.15, -0.1) is 0 Å². The van der Waals surface area contributed by atoms with Gasteiger partial charge in [0, 0.05) is 13.1 Å². The molecule has 0 aromatic carbocycles. The van der Waals surface area contributed by atoms with Crippen molar-refractivity contribution in [1.82, 2.24) is 15.1 Å². The molecule has 0 amide bonds. The molecule has 98 valence electrons. The molecule has 0 saturated carbocycles. The first kappa shape index (κ1) is 14.7. The Labute approximate surface area is 113 Å². The lowest BCUT2D eigenvalue weighted by Gasteiger charge is -2.08. The minimum atomic E-state index is 0.758. The number of rotatable bonds is 7. The van der Waals surface area contributed by atoms with Crippen molar-refractivity contribution in [2.75, 3.05) is 6.54 Å². The van der Waals surface area contributed by atoms with Gasteiger partial charge in [0.2, 0.25) is 0 Å². The van der Waals surface area contributed by atoms with E-state index in [9.17, 15) is 0 Å². The molecule has 0 aliphatic carbocycles. The van der Waals surface area contributed by atoms with Crippen LogP contribution in [0.4, 0.5) is 0 Å². The summed E-state index contributed by atoms with van der Waals surface area (Å²) in [4.78, 5) is 0. The minimum Gasteiger partial charge on any atom is -0.311 e. The summed E-state index contributed by atoms with van der Waals surface area (Å²) < 4.78 is 3.27. The Morgan fingerprint density at radius 1 is 1.35 bits per heavy atom. The van der Waals surface area contributed by atoms with Crippen LogP contribution in [0.2, 0.25) is 0 Å². The van der Waals surface area contributed by atoms with Crippen LogP contribution in [0.5, 0.6) is 0 Å². The summed E-state index contributed by atoms with van der Waals surface area (Å²) in [6.45, 7) is 11.7. The van der Waals surface area contributed by atoms with E-state index in [1.807, 2.05) is 0 Å². The van der Waals surface area contributed by atoms with Gasteiger partial charge < -0.3 is 5.32 Å². The third-order valence-corrected chi connectivity index (χ3v) is 3.80. The molecule has 1 rings (SSSR count). The Morgan fingerprint density at radius 3 is 2.59 bits per heavy atom. The van der Waals surface area contributed by atoms with Crippen LogP contribution in [0, 0.1) is 5.92 Å². The number of halogens is 1. The highest BCUT2D eigenvalue weighted by Gasteiger charge is 2.12. The topological polar surface area (TPSA) is 29.9 Å². The molecular weight excluding hydrogens is 278 g/mol. The number of aryl methyl sites for hydroxylation is 2. The summed E-state index contributed by atoms with van der Waals surface area (Å²) in [5.74, 6) is 0.758. The van der Waals surface area contributed by atoms with Gasteiger partial charge in [-0.25, -0.2) is 0 Å². The van der Waals surface area contributed by atoms with Crippen molar-refractivity contribution < 1.29 is 0 Å². The maximum atomic E-state index is 4.59. The van der Waals surface area contributed by atoms with E-state index < -0.39 is 0 Å². The fourth-order valence-electron chi connectivity index (χ4n) is 1.78. The maximum absolute atomic E-state index is 4.59. The Hall–Kier alpha value is -0.350. The average Bonchev–Trinajstić information content (AvgIpc) is 2.61. The first-order chi connectivity index (χ1) is 8.10. The van der Waals surface area contributed by atoms with Gasteiger partial charge in [-0.05, 0) is 48.2 Å². The van der Waals surface area contributed by atoms with Gasteiger partial charge in [0.25, 0.3) is 0 Å². The molecule has 4 heteroatoms. The molecule has 0 unspecified atom stereocenters. The van der Waals surface area contributed by atoms with Gasteiger partial charge in [-0.1, -0.05) is 20.8 Å². The van der Waals surface area contributed by atoms with Crippen LogP contribution in [0.1, 0.15) is 45.5 Å². The third-order valence-electron chi connectivity index (χ3n) is 2.89. The van der Waals surface area contributed by atoms with Crippen LogP contribution in [-0.4, -0.2) is 16.3 Å². The average molecular weight is 302 g/mol. The van der Waals surface area contributed by atoms with E-state index in [0.29, 0.717) is 0 Å². The molecule has 1 aromatic rings. The van der Waals surface area contributed by atoms with Gasteiger partial charge in [0.15, 0.2) is 0 Å². The van der Waals surface area contributed by atoms with E-state index in [4.69, 9.17) is 0 Å². The minimum absolute atomic E-state index is 0.758. The van der Waals surface area contributed by atoms with Gasteiger partial charge in [0.1, 0.15) is 0 Å². The fourth-order valence-corrected chi connectivity index (χ4v) is 2.49. The lowest BCUT2D eigenvalue weighted by molar-refractivity contribution is 0.519. The van der Waals surface area contributed by atoms with Gasteiger partial charge in [0.05, 0.1) is 15.9 Å². The third kappa shape index (κ3) is 4.11. The molecular formula is C13H24BrN3. The number of hydrogen-bond donors (Lipinski definition) is 1. The van der Waals surface area contributed by atoms with E-state index in [1.54, 1.807) is 0 Å². The van der Waals surface area contributed by atoms with E-state index >= 15 is 0 Å². The predicted octanol–water partition coefficient (Wildman–Crippen LogP) is 3.36. The van der Waals surface area contributed by atoms with Crippen molar-refractivity contribution in [1.29, 1.82) is 0 Å². The molecule has 0 fully saturated rings. The molecule has 3 nitrogen and oxygen atoms in total. The second-order valence-electron chi connectivity index (χ2n) is 4.74. The number of aromatic nitrogens is 2. The Balaban J connectivity index is 2.59. The Kier molecular flexibility index (Phi) is 6.20. The summed E-state index contributed by atoms with van der Waals surface area (Å²) in [6.07, 6.45) is 2.20. The van der Waals surface area contributed by atoms with Gasteiger partial charge in [-0.2, -0.15) is 5.10 Å². The molecule has 1 heterocycles. The van der Waals surface area contributed by atoms with Crippen LogP contribution >= 0.6 is 15.9 Å². The Bertz CT molecular complexity index is 345. The Morgan fingerprint density at radius 2 is 2.06 bits per heavy atom. The van der Waals surface area contributed by atoms with E-state index in [1.165, 1.54) is 16.6 Å². The molecule has 0 spiro atoms. The fraction of sp³-hybridized carbons (Fsp3) is 0.769. The number of nitrogens with one attached hydrogen (secondary N) is 1. The summed E-state index contributed by atoms with van der Waals surface area (Å²) in [7, 11) is 0. The van der Waals surface area contributed by atoms with Gasteiger partial charge >= 0.3 is 0 Å². The molecule has 0 atom stereocenters. The first-order valence-electron chi connectivity index (χ1n) is 6.54. The van der Waals surface area contributed by atoms with Crippen molar-refractivity contribution in [3.63, 3.8) is 0 Å². The molecule has 0 radical (unpaired) electrons. The molecule has 0 bridgehead atoms. The standard InChI is InChI=1S/C13H24BrN3/c1-5-11-13(14)12(17(6-2)16-11)9-15-8-7-10(3)4/h10,15H,5-9H2,1-4H3. The first-order valence-corrected chi connectivity index (χ1v) is 7.34. The summed E-state index contributed by atoms with van der Waals surface area (Å²) in [6, 6.07) is 0. The largest absolute Gasteiger partial charge is 0.311 e. The molecule has 0 aliphatic rings. The zero-order chi connectivity index (χ0) is 12.8. The van der Waals surface area contributed by atoms with Crippen molar-refractivity contribution >= 4 is 15.9 Å². The van der Waals surface area contributed by atoms with E-state index in [0.717, 1.165) is 37.7 Å². The van der Waals surface area contributed by atoms with E-state index in [-0.39, 0.29) is 0 Å². The highest BCUT2D eigenvalue weighted by molar-refractivity contribution is 9.10. The number of nitrogens with zero attached hydrogens (tertiary/aromatic N) is 2. The second kappa shape index (κ2) is 7.17. The SMILES string of the molecule is CCc1nn(CC)c(CNCCC(C)C)c1Br. The molecule has 17 heavy (non-hydrogen) atoms. The van der Waals surface area contributed by atoms with Crippen LogP contribution < -0.4 is 5.32 Å². The zero-order valence-electron chi connectivity index (χ0n) is 11.4. The monoisotopic (exact) mass is 301 g/mol. The normalized spacial score (nSPS) is 11.4. The van der Waals surface area contributed by atoms with Gasteiger partial charge in [-0.3, -0.25) is 4.68 Å². The second-order valence-corrected chi connectivity index (χ2v) is 5.53. The number of hydrogen-bond acceptors (Lipinski definition) is 2. The lowest BCUT2D eigenvalue weighted by atomic mass is 10.1. The lowest BCUT2D eigenvalue weighted by Crippen LogP contribution is -2.19. The van der Waals surface area contributed by atoms with Crippen molar-refractivity contribution in [2.45, 2.75) is 53.6 Å². The summed E-state index contributed by atoms with van der Waals surface area (Å²) in [5, 5.41) is 8.09. The van der Waals surface area contributed by atoms with Crippen molar-refractivity contribution in [3.05, 3.63) is 15.9 Å². The van der Waals surface area contributed by atoms with Crippen LogP contribution in [-0.2, 0) is 19.5 Å². The van der Waals surface area contributed by atoms with Crippen LogP contribution in [0.15, 0.2) is 4.47 Å². The van der Waals surface area contributed by atoms with Crippen molar-refractivity contribution in [2.24, 2.45) is 5.92 Å². The smallest absolute Gasteiger partial charge is 0.0767 e. The summed E-state index contributed by atoms with van der Waals surface area (Å²) in [5.41, 5.74) is 2.43. The van der Waals surface area contributed by atoms with Crippen LogP contribution in [0.3, 0.4) is 0 Å². The quantitative estimate of drug-likeness (QED) is 0.783. The summed E-state index contributed by atoms with van der Waals surface area (Å²) >= 11 is 3.66. The van der Waals surface area contributed by atoms with Crippen LogP contribution in [0.25, 0.3) is 0 Å². The zero-order valence-corrected chi connectivity index (χ0v) is 13.0. The van der Waals surface area contributed by atoms with E-state index in [2.05, 4.69) is 58.7 Å². The molecule has 1 aromatic heterocycles.